The summed E-state index contributed by atoms with van der Waals surface area (Å²) in [6.07, 6.45) is 4.45. The quantitative estimate of drug-likeness (QED) is 0.592. The first-order chi connectivity index (χ1) is 6.27. The summed E-state index contributed by atoms with van der Waals surface area (Å²) in [5, 5.41) is 0. The molecule has 0 unspecified atom stereocenters. The van der Waals surface area contributed by atoms with Crippen LogP contribution in [0.15, 0.2) is 18.3 Å². The highest BCUT2D eigenvalue weighted by Crippen LogP contribution is 2.11. The maximum atomic E-state index is 4.31. The summed E-state index contributed by atoms with van der Waals surface area (Å²) < 4.78 is 2.33. The second-order valence-corrected chi connectivity index (χ2v) is 3.66. The number of aryl methyl sites for hydroxylation is 1. The van der Waals surface area contributed by atoms with E-state index in [-0.39, 0.29) is 0 Å². The molecule has 1 aliphatic rings. The minimum absolute atomic E-state index is 1.09. The third kappa shape index (κ3) is 1.62. The van der Waals surface area contributed by atoms with Crippen LogP contribution in [-0.2, 0) is 0 Å². The van der Waals surface area contributed by atoms with Gasteiger partial charge < -0.3 is 0 Å². The van der Waals surface area contributed by atoms with Crippen molar-refractivity contribution < 1.29 is 4.58 Å². The van der Waals surface area contributed by atoms with E-state index >= 15 is 0 Å². The molecule has 0 amide bonds. The van der Waals surface area contributed by atoms with E-state index in [1.807, 2.05) is 13.1 Å². The molecular weight excluding hydrogens is 160 g/mol. The van der Waals surface area contributed by atoms with Gasteiger partial charge in [-0.05, 0) is 19.1 Å². The van der Waals surface area contributed by atoms with Gasteiger partial charge >= 0.3 is 0 Å². The second kappa shape index (κ2) is 3.29. The van der Waals surface area contributed by atoms with Crippen LogP contribution in [0.1, 0.15) is 24.1 Å². The zero-order valence-electron chi connectivity index (χ0n) is 8.25. The van der Waals surface area contributed by atoms with Gasteiger partial charge in [-0.15, -0.1) is 0 Å². The van der Waals surface area contributed by atoms with E-state index in [4.69, 9.17) is 0 Å². The molecule has 13 heavy (non-hydrogen) atoms. The van der Waals surface area contributed by atoms with Crippen molar-refractivity contribution in [2.45, 2.75) is 19.8 Å². The monoisotopic (exact) mass is 175 g/mol. The van der Waals surface area contributed by atoms with Gasteiger partial charge in [-0.3, -0.25) is 4.98 Å². The molecule has 1 aliphatic heterocycles. The maximum absolute atomic E-state index is 4.31. The van der Waals surface area contributed by atoms with Crippen molar-refractivity contribution in [1.29, 1.82) is 0 Å². The van der Waals surface area contributed by atoms with Crippen molar-refractivity contribution >= 4 is 5.71 Å². The fourth-order valence-electron chi connectivity index (χ4n) is 1.81. The number of pyridine rings is 1. The van der Waals surface area contributed by atoms with Gasteiger partial charge in [-0.25, -0.2) is 4.58 Å². The van der Waals surface area contributed by atoms with Crippen molar-refractivity contribution in [2.24, 2.45) is 0 Å². The predicted octanol–water partition coefficient (Wildman–Crippen LogP) is 1.62. The molecule has 1 aromatic rings. The molecule has 0 saturated heterocycles. The molecule has 0 atom stereocenters. The van der Waals surface area contributed by atoms with E-state index in [1.165, 1.54) is 30.7 Å². The Balaban J connectivity index is 2.36. The molecule has 0 fully saturated rings. The molecule has 0 bridgehead atoms. The maximum Gasteiger partial charge on any atom is 0.184 e. The van der Waals surface area contributed by atoms with E-state index < -0.39 is 0 Å². The lowest BCUT2D eigenvalue weighted by molar-refractivity contribution is -0.488. The van der Waals surface area contributed by atoms with E-state index in [1.54, 1.807) is 0 Å². The molecular formula is C11H15N2+. The van der Waals surface area contributed by atoms with Crippen molar-refractivity contribution in [3.8, 4) is 0 Å². The third-order valence-corrected chi connectivity index (χ3v) is 2.61. The van der Waals surface area contributed by atoms with Gasteiger partial charge in [0.2, 0.25) is 0 Å². The van der Waals surface area contributed by atoms with Gasteiger partial charge in [-0.2, -0.15) is 0 Å². The lowest BCUT2D eigenvalue weighted by atomic mass is 10.1. The summed E-state index contributed by atoms with van der Waals surface area (Å²) in [5.41, 5.74) is 3.81. The van der Waals surface area contributed by atoms with Crippen molar-refractivity contribution in [2.75, 3.05) is 13.6 Å². The summed E-state index contributed by atoms with van der Waals surface area (Å²) in [7, 11) is 2.15. The van der Waals surface area contributed by atoms with Crippen LogP contribution >= 0.6 is 0 Å². The average molecular weight is 175 g/mol. The normalized spacial score (nSPS) is 16.8. The lowest BCUT2D eigenvalue weighted by Crippen LogP contribution is -2.11. The Morgan fingerprint density at radius 2 is 2.23 bits per heavy atom. The topological polar surface area (TPSA) is 15.9 Å². The number of rotatable bonds is 1. The van der Waals surface area contributed by atoms with E-state index in [2.05, 4.69) is 28.7 Å². The highest BCUT2D eigenvalue weighted by molar-refractivity contribution is 5.97. The van der Waals surface area contributed by atoms with Crippen LogP contribution in [0.3, 0.4) is 0 Å². The fourth-order valence-corrected chi connectivity index (χ4v) is 1.81. The summed E-state index contributed by atoms with van der Waals surface area (Å²) >= 11 is 0. The molecule has 2 nitrogen and oxygen atoms in total. The van der Waals surface area contributed by atoms with Gasteiger partial charge in [0.05, 0.1) is 5.56 Å². The fraction of sp³-hybridized carbons (Fsp3) is 0.455. The first kappa shape index (κ1) is 8.42. The molecule has 0 aliphatic carbocycles. The molecule has 2 heteroatoms. The smallest absolute Gasteiger partial charge is 0.184 e. The summed E-state index contributed by atoms with van der Waals surface area (Å²) in [6.45, 7) is 3.20. The zero-order chi connectivity index (χ0) is 9.26. The Morgan fingerprint density at radius 1 is 1.38 bits per heavy atom. The van der Waals surface area contributed by atoms with Gasteiger partial charge in [0.1, 0.15) is 13.6 Å². The molecule has 1 aromatic heterocycles. The Kier molecular flexibility index (Phi) is 2.13. The Labute approximate surface area is 78.9 Å². The highest BCUT2D eigenvalue weighted by atomic mass is 15.0. The minimum atomic E-state index is 1.09. The second-order valence-electron chi connectivity index (χ2n) is 3.66. The van der Waals surface area contributed by atoms with Crippen LogP contribution < -0.4 is 0 Å². The van der Waals surface area contributed by atoms with E-state index in [9.17, 15) is 0 Å². The molecule has 0 radical (unpaired) electrons. The number of aromatic nitrogens is 1. The van der Waals surface area contributed by atoms with Crippen LogP contribution in [0.2, 0.25) is 0 Å². The summed E-state index contributed by atoms with van der Waals surface area (Å²) in [5.74, 6) is 0. The van der Waals surface area contributed by atoms with Gasteiger partial charge in [0.25, 0.3) is 0 Å². The van der Waals surface area contributed by atoms with Crippen molar-refractivity contribution in [1.82, 2.24) is 4.98 Å². The average Bonchev–Trinajstić information content (AvgIpc) is 2.53. The van der Waals surface area contributed by atoms with Crippen LogP contribution in [0.4, 0.5) is 0 Å². The molecule has 0 aromatic carbocycles. The highest BCUT2D eigenvalue weighted by Gasteiger charge is 2.20. The number of hydrogen-bond donors (Lipinski definition) is 0. The Hall–Kier alpha value is -1.18. The van der Waals surface area contributed by atoms with Crippen LogP contribution in [0.5, 0.6) is 0 Å². The molecule has 0 N–H and O–H groups in total. The van der Waals surface area contributed by atoms with Crippen LogP contribution in [0.25, 0.3) is 0 Å². The molecule has 2 heterocycles. The summed E-state index contributed by atoms with van der Waals surface area (Å²) in [4.78, 5) is 4.31. The van der Waals surface area contributed by atoms with Gasteiger partial charge in [0, 0.05) is 24.7 Å². The van der Waals surface area contributed by atoms with Crippen molar-refractivity contribution in [3.63, 3.8) is 0 Å². The van der Waals surface area contributed by atoms with Crippen LogP contribution in [0, 0.1) is 6.92 Å². The number of hydrogen-bond acceptors (Lipinski definition) is 1. The molecule has 68 valence electrons. The largest absolute Gasteiger partial charge is 0.261 e. The third-order valence-electron chi connectivity index (χ3n) is 2.61. The molecule has 2 rings (SSSR count). The summed E-state index contributed by atoms with van der Waals surface area (Å²) in [6, 6.07) is 4.24. The van der Waals surface area contributed by atoms with Gasteiger partial charge in [0.15, 0.2) is 5.71 Å². The standard InChI is InChI=1S/C11H15N2/c1-9-5-6-10(8-12-9)11-4-3-7-13(11)2/h5-6,8H,3-4,7H2,1-2H3/q+1. The first-order valence-electron chi connectivity index (χ1n) is 4.77. The molecule has 0 saturated carbocycles. The zero-order valence-corrected chi connectivity index (χ0v) is 8.25. The lowest BCUT2D eigenvalue weighted by Gasteiger charge is -1.97. The first-order valence-corrected chi connectivity index (χ1v) is 4.77. The van der Waals surface area contributed by atoms with E-state index in [0.717, 1.165) is 5.69 Å². The molecule has 0 spiro atoms. The minimum Gasteiger partial charge on any atom is -0.261 e. The Bertz CT molecular complexity index is 336. The van der Waals surface area contributed by atoms with Crippen molar-refractivity contribution in [3.05, 3.63) is 29.6 Å². The number of nitrogens with zero attached hydrogens (tertiary/aromatic N) is 2. The van der Waals surface area contributed by atoms with Crippen LogP contribution in [-0.4, -0.2) is 28.9 Å². The SMILES string of the molecule is Cc1ccc(C2=[N+](C)CCC2)cn1. The predicted molar refractivity (Wildman–Crippen MR) is 53.4 cm³/mol. The Morgan fingerprint density at radius 3 is 2.77 bits per heavy atom. The van der Waals surface area contributed by atoms with E-state index in [0.29, 0.717) is 0 Å². The van der Waals surface area contributed by atoms with Gasteiger partial charge in [-0.1, -0.05) is 0 Å².